The number of carbonyl (C=O) groups is 2. The molecule has 4 nitrogen and oxygen atoms in total. The van der Waals surface area contributed by atoms with Gasteiger partial charge in [0.25, 0.3) is 5.91 Å². The zero-order valence-electron chi connectivity index (χ0n) is 14.4. The lowest BCUT2D eigenvalue weighted by molar-refractivity contribution is -0.133. The molecule has 0 atom stereocenters. The second-order valence-electron chi connectivity index (χ2n) is 5.67. The van der Waals surface area contributed by atoms with Crippen LogP contribution in [0.15, 0.2) is 59.6 Å². The van der Waals surface area contributed by atoms with Gasteiger partial charge < -0.3 is 9.64 Å². The highest BCUT2D eigenvalue weighted by molar-refractivity contribution is 9.10. The molecule has 2 aromatic carbocycles. The summed E-state index contributed by atoms with van der Waals surface area (Å²) in [6, 6.07) is 11.1. The molecule has 136 valence electrons. The number of ketones is 1. The molecule has 6 heteroatoms. The molecule has 0 aliphatic heterocycles. The van der Waals surface area contributed by atoms with Crippen molar-refractivity contribution in [3.05, 3.63) is 76.5 Å². The molecule has 0 N–H and O–H groups in total. The SMILES string of the molecule is C=CCN(Cc1cc(Br)ccc1F)C(=O)COc1ccc(C(C)=O)cc1. The average molecular weight is 420 g/mol. The summed E-state index contributed by atoms with van der Waals surface area (Å²) < 4.78 is 20.2. The van der Waals surface area contributed by atoms with Gasteiger partial charge in [-0.1, -0.05) is 22.0 Å². The summed E-state index contributed by atoms with van der Waals surface area (Å²) in [5.41, 5.74) is 0.975. The van der Waals surface area contributed by atoms with Gasteiger partial charge >= 0.3 is 0 Å². The number of ether oxygens (including phenoxy) is 1. The first kappa shape index (κ1) is 19.8. The van der Waals surface area contributed by atoms with Crippen molar-refractivity contribution in [2.45, 2.75) is 13.5 Å². The number of benzene rings is 2. The Kier molecular flexibility index (Phi) is 7.09. The normalized spacial score (nSPS) is 10.3. The maximum Gasteiger partial charge on any atom is 0.261 e. The van der Waals surface area contributed by atoms with E-state index < -0.39 is 0 Å². The third kappa shape index (κ3) is 5.52. The molecule has 0 bridgehead atoms. The zero-order valence-corrected chi connectivity index (χ0v) is 16.0. The van der Waals surface area contributed by atoms with E-state index in [0.29, 0.717) is 16.9 Å². The number of rotatable bonds is 8. The quantitative estimate of drug-likeness (QED) is 0.470. The van der Waals surface area contributed by atoms with Crippen LogP contribution in [-0.2, 0) is 11.3 Å². The number of halogens is 2. The van der Waals surface area contributed by atoms with Gasteiger partial charge in [0.15, 0.2) is 12.4 Å². The van der Waals surface area contributed by atoms with Crippen LogP contribution in [0.5, 0.6) is 5.75 Å². The maximum absolute atomic E-state index is 13.9. The Hall–Kier alpha value is -2.47. The van der Waals surface area contributed by atoms with E-state index in [1.54, 1.807) is 42.5 Å². The van der Waals surface area contributed by atoms with Gasteiger partial charge in [0.2, 0.25) is 0 Å². The average Bonchev–Trinajstić information content (AvgIpc) is 2.62. The molecule has 0 aromatic heterocycles. The van der Waals surface area contributed by atoms with Crippen LogP contribution >= 0.6 is 15.9 Å². The molecule has 0 heterocycles. The van der Waals surface area contributed by atoms with Gasteiger partial charge in [0, 0.05) is 28.7 Å². The van der Waals surface area contributed by atoms with E-state index in [0.717, 1.165) is 4.47 Å². The Balaban J connectivity index is 2.02. The summed E-state index contributed by atoms with van der Waals surface area (Å²) in [5, 5.41) is 0. The van der Waals surface area contributed by atoms with Gasteiger partial charge in [-0.15, -0.1) is 6.58 Å². The van der Waals surface area contributed by atoms with Crippen molar-refractivity contribution in [2.75, 3.05) is 13.2 Å². The molecule has 2 rings (SSSR count). The van der Waals surface area contributed by atoms with Crippen LogP contribution in [-0.4, -0.2) is 29.7 Å². The van der Waals surface area contributed by atoms with E-state index in [2.05, 4.69) is 22.5 Å². The summed E-state index contributed by atoms with van der Waals surface area (Å²) >= 11 is 3.30. The third-order valence-electron chi connectivity index (χ3n) is 3.69. The molecular weight excluding hydrogens is 401 g/mol. The van der Waals surface area contributed by atoms with Gasteiger partial charge in [0.05, 0.1) is 0 Å². The number of amides is 1. The highest BCUT2D eigenvalue weighted by Crippen LogP contribution is 2.18. The Labute approximate surface area is 160 Å². The van der Waals surface area contributed by atoms with E-state index in [-0.39, 0.29) is 37.2 Å². The highest BCUT2D eigenvalue weighted by Gasteiger charge is 2.16. The van der Waals surface area contributed by atoms with E-state index in [4.69, 9.17) is 4.74 Å². The fourth-order valence-corrected chi connectivity index (χ4v) is 2.71. The molecule has 0 fully saturated rings. The Morgan fingerprint density at radius 1 is 1.23 bits per heavy atom. The van der Waals surface area contributed by atoms with Crippen LogP contribution in [0.1, 0.15) is 22.8 Å². The van der Waals surface area contributed by atoms with Gasteiger partial charge in [-0.05, 0) is 49.4 Å². The van der Waals surface area contributed by atoms with Crippen molar-refractivity contribution < 1.29 is 18.7 Å². The molecule has 0 saturated heterocycles. The van der Waals surface area contributed by atoms with Crippen LogP contribution < -0.4 is 4.74 Å². The van der Waals surface area contributed by atoms with Crippen LogP contribution in [0.3, 0.4) is 0 Å². The number of nitrogens with zero attached hydrogens (tertiary/aromatic N) is 1. The Bertz CT molecular complexity index is 805. The minimum Gasteiger partial charge on any atom is -0.484 e. The first-order valence-electron chi connectivity index (χ1n) is 7.97. The van der Waals surface area contributed by atoms with E-state index in [1.165, 1.54) is 17.9 Å². The topological polar surface area (TPSA) is 46.6 Å². The standard InChI is InChI=1S/C20H19BrFNO3/c1-3-10-23(12-16-11-17(21)6-9-19(16)22)20(25)13-26-18-7-4-15(5-8-18)14(2)24/h3-9,11H,1,10,12-13H2,2H3. The Morgan fingerprint density at radius 2 is 1.92 bits per heavy atom. The van der Waals surface area contributed by atoms with Crippen molar-refractivity contribution >= 4 is 27.6 Å². The summed E-state index contributed by atoms with van der Waals surface area (Å²) in [6.45, 7) is 5.32. The second kappa shape index (κ2) is 9.29. The third-order valence-corrected chi connectivity index (χ3v) is 4.19. The number of hydrogen-bond donors (Lipinski definition) is 0. The lowest BCUT2D eigenvalue weighted by Crippen LogP contribution is -2.34. The minimum atomic E-state index is -0.379. The van der Waals surface area contributed by atoms with Crippen LogP contribution in [0, 0.1) is 5.82 Å². The van der Waals surface area contributed by atoms with Crippen LogP contribution in [0.2, 0.25) is 0 Å². The van der Waals surface area contributed by atoms with Gasteiger partial charge in [-0.3, -0.25) is 9.59 Å². The van der Waals surface area contributed by atoms with E-state index >= 15 is 0 Å². The molecule has 0 saturated carbocycles. The lowest BCUT2D eigenvalue weighted by Gasteiger charge is -2.22. The van der Waals surface area contributed by atoms with Crippen molar-refractivity contribution in [3.63, 3.8) is 0 Å². The highest BCUT2D eigenvalue weighted by atomic mass is 79.9. The van der Waals surface area contributed by atoms with Gasteiger partial charge in [-0.25, -0.2) is 4.39 Å². The van der Waals surface area contributed by atoms with Crippen molar-refractivity contribution in [3.8, 4) is 5.75 Å². The zero-order chi connectivity index (χ0) is 19.1. The molecule has 0 unspecified atom stereocenters. The predicted molar refractivity (Wildman–Crippen MR) is 102 cm³/mol. The number of carbonyl (C=O) groups excluding carboxylic acids is 2. The molecular formula is C20H19BrFNO3. The maximum atomic E-state index is 13.9. The fourth-order valence-electron chi connectivity index (χ4n) is 2.30. The molecule has 0 radical (unpaired) electrons. The monoisotopic (exact) mass is 419 g/mol. The molecule has 2 aromatic rings. The molecule has 0 spiro atoms. The molecule has 26 heavy (non-hydrogen) atoms. The predicted octanol–water partition coefficient (Wildman–Crippen LogP) is 4.38. The summed E-state index contributed by atoms with van der Waals surface area (Å²) in [6.07, 6.45) is 1.58. The fraction of sp³-hybridized carbons (Fsp3) is 0.200. The van der Waals surface area contributed by atoms with Crippen LogP contribution in [0.25, 0.3) is 0 Å². The smallest absolute Gasteiger partial charge is 0.261 e. The largest absolute Gasteiger partial charge is 0.484 e. The summed E-state index contributed by atoms with van der Waals surface area (Å²) in [7, 11) is 0. The summed E-state index contributed by atoms with van der Waals surface area (Å²) in [4.78, 5) is 25.2. The number of hydrogen-bond acceptors (Lipinski definition) is 3. The molecule has 0 aliphatic rings. The van der Waals surface area contributed by atoms with E-state index in [1.807, 2.05) is 0 Å². The second-order valence-corrected chi connectivity index (χ2v) is 6.58. The Morgan fingerprint density at radius 3 is 2.54 bits per heavy atom. The van der Waals surface area contributed by atoms with Crippen molar-refractivity contribution in [2.24, 2.45) is 0 Å². The lowest BCUT2D eigenvalue weighted by atomic mass is 10.1. The van der Waals surface area contributed by atoms with E-state index in [9.17, 15) is 14.0 Å². The van der Waals surface area contributed by atoms with Crippen LogP contribution in [0.4, 0.5) is 4.39 Å². The first-order chi connectivity index (χ1) is 12.4. The van der Waals surface area contributed by atoms with Gasteiger partial charge in [-0.2, -0.15) is 0 Å². The molecule has 0 aliphatic carbocycles. The first-order valence-corrected chi connectivity index (χ1v) is 8.76. The minimum absolute atomic E-state index is 0.0409. The van der Waals surface area contributed by atoms with Crippen molar-refractivity contribution in [1.82, 2.24) is 4.90 Å². The van der Waals surface area contributed by atoms with Crippen molar-refractivity contribution in [1.29, 1.82) is 0 Å². The molecule has 1 amide bonds. The van der Waals surface area contributed by atoms with Gasteiger partial charge in [0.1, 0.15) is 11.6 Å². The summed E-state index contributed by atoms with van der Waals surface area (Å²) in [5.74, 6) is -0.230. The number of Topliss-reactive ketones (excluding diaryl/α,β-unsaturated/α-hetero) is 1.